The third kappa shape index (κ3) is 3.40. The topological polar surface area (TPSA) is 66.9 Å². The van der Waals surface area contributed by atoms with Crippen LogP contribution in [0.15, 0.2) is 24.5 Å². The zero-order valence-electron chi connectivity index (χ0n) is 11.5. The van der Waals surface area contributed by atoms with Crippen LogP contribution < -0.4 is 10.6 Å². The number of nitrogens with zero attached hydrogens (tertiary/aromatic N) is 2. The Morgan fingerprint density at radius 2 is 2.15 bits per heavy atom. The molecule has 0 atom stereocenters. The normalized spacial score (nSPS) is 10.8. The van der Waals surface area contributed by atoms with Gasteiger partial charge >= 0.3 is 0 Å². The molecule has 2 aromatic rings. The average molecular weight is 276 g/mol. The van der Waals surface area contributed by atoms with Crippen molar-refractivity contribution in [1.29, 1.82) is 0 Å². The van der Waals surface area contributed by atoms with Crippen molar-refractivity contribution in [3.05, 3.63) is 30.3 Å². The molecule has 1 heterocycles. The van der Waals surface area contributed by atoms with E-state index in [1.54, 1.807) is 12.1 Å². The van der Waals surface area contributed by atoms with Crippen LogP contribution in [-0.2, 0) is 4.79 Å². The summed E-state index contributed by atoms with van der Waals surface area (Å²) in [4.78, 5) is 19.5. The number of amides is 1. The number of aromatic nitrogens is 2. The van der Waals surface area contributed by atoms with Crippen LogP contribution in [0.1, 0.15) is 20.3 Å². The van der Waals surface area contributed by atoms with Gasteiger partial charge in [-0.25, -0.2) is 14.4 Å². The number of nitrogens with one attached hydrogen (secondary N) is 2. The molecule has 0 aliphatic carbocycles. The zero-order valence-corrected chi connectivity index (χ0v) is 11.5. The first kappa shape index (κ1) is 14.2. The Balaban J connectivity index is 2.04. The molecule has 2 rings (SSSR count). The van der Waals surface area contributed by atoms with Gasteiger partial charge in [-0.3, -0.25) is 4.79 Å². The van der Waals surface area contributed by atoms with Gasteiger partial charge in [-0.05, 0) is 26.0 Å². The molecule has 0 radical (unpaired) electrons. The van der Waals surface area contributed by atoms with E-state index in [9.17, 15) is 9.18 Å². The maximum Gasteiger partial charge on any atom is 0.221 e. The number of fused-ring (bicyclic) bond motifs is 1. The number of benzene rings is 1. The summed E-state index contributed by atoms with van der Waals surface area (Å²) in [5, 5.41) is 6.45. The minimum absolute atomic E-state index is 0.0305. The van der Waals surface area contributed by atoms with Crippen molar-refractivity contribution in [3.63, 3.8) is 0 Å². The number of carbonyl (C=O) groups excluding carboxylic acids is 1. The monoisotopic (exact) mass is 276 g/mol. The number of rotatable bonds is 5. The minimum Gasteiger partial charge on any atom is -0.369 e. The Hall–Kier alpha value is -2.24. The average Bonchev–Trinajstić information content (AvgIpc) is 2.39. The Labute approximate surface area is 116 Å². The third-order valence-corrected chi connectivity index (χ3v) is 2.71. The minimum atomic E-state index is -0.384. The van der Waals surface area contributed by atoms with Crippen LogP contribution in [-0.4, -0.2) is 28.5 Å². The van der Waals surface area contributed by atoms with Crippen molar-refractivity contribution in [3.8, 4) is 0 Å². The lowest BCUT2D eigenvalue weighted by Crippen LogP contribution is -2.31. The molecule has 1 aromatic heterocycles. The van der Waals surface area contributed by atoms with Gasteiger partial charge in [-0.2, -0.15) is 0 Å². The number of para-hydroxylation sites is 1. The molecule has 5 nitrogen and oxygen atoms in total. The second-order valence-electron chi connectivity index (χ2n) is 4.76. The van der Waals surface area contributed by atoms with E-state index < -0.39 is 0 Å². The smallest absolute Gasteiger partial charge is 0.221 e. The van der Waals surface area contributed by atoms with Crippen LogP contribution in [0.3, 0.4) is 0 Å². The fraction of sp³-hybridized carbons (Fsp3) is 0.357. The molecule has 0 unspecified atom stereocenters. The molecule has 2 N–H and O–H groups in total. The number of halogens is 1. The van der Waals surface area contributed by atoms with Gasteiger partial charge in [0.1, 0.15) is 23.5 Å². The molecule has 6 heteroatoms. The SMILES string of the molecule is CC(C)NC(=O)CCNc1ncnc2c(F)cccc12. The van der Waals surface area contributed by atoms with Gasteiger partial charge < -0.3 is 10.6 Å². The molecule has 0 saturated heterocycles. The van der Waals surface area contributed by atoms with Crippen molar-refractivity contribution in [2.75, 3.05) is 11.9 Å². The van der Waals surface area contributed by atoms with Crippen LogP contribution in [0.4, 0.5) is 10.2 Å². The molecular weight excluding hydrogens is 259 g/mol. The quantitative estimate of drug-likeness (QED) is 0.877. The number of carbonyl (C=O) groups is 1. The van der Waals surface area contributed by atoms with Crippen LogP contribution in [0, 0.1) is 5.82 Å². The molecule has 20 heavy (non-hydrogen) atoms. The lowest BCUT2D eigenvalue weighted by Gasteiger charge is -2.10. The fourth-order valence-corrected chi connectivity index (χ4v) is 1.88. The van der Waals surface area contributed by atoms with Gasteiger partial charge in [-0.1, -0.05) is 6.07 Å². The highest BCUT2D eigenvalue weighted by Gasteiger charge is 2.08. The second kappa shape index (κ2) is 6.27. The predicted octanol–water partition coefficient (Wildman–Crippen LogP) is 2.10. The lowest BCUT2D eigenvalue weighted by atomic mass is 10.2. The zero-order chi connectivity index (χ0) is 14.5. The molecule has 0 bridgehead atoms. The molecule has 0 aliphatic heterocycles. The van der Waals surface area contributed by atoms with Crippen molar-refractivity contribution < 1.29 is 9.18 Å². The highest BCUT2D eigenvalue weighted by atomic mass is 19.1. The first-order valence-electron chi connectivity index (χ1n) is 6.50. The second-order valence-corrected chi connectivity index (χ2v) is 4.76. The van der Waals surface area contributed by atoms with Crippen molar-refractivity contribution >= 4 is 22.6 Å². The van der Waals surface area contributed by atoms with E-state index in [4.69, 9.17) is 0 Å². The Bertz CT molecular complexity index is 615. The highest BCUT2D eigenvalue weighted by Crippen LogP contribution is 2.20. The van der Waals surface area contributed by atoms with Gasteiger partial charge in [0.25, 0.3) is 0 Å². The van der Waals surface area contributed by atoms with Gasteiger partial charge in [0.15, 0.2) is 0 Å². The Kier molecular flexibility index (Phi) is 4.45. The molecule has 0 saturated carbocycles. The van der Waals surface area contributed by atoms with E-state index in [0.29, 0.717) is 24.2 Å². The fourth-order valence-electron chi connectivity index (χ4n) is 1.88. The molecule has 1 amide bonds. The highest BCUT2D eigenvalue weighted by molar-refractivity contribution is 5.89. The third-order valence-electron chi connectivity index (χ3n) is 2.71. The molecule has 106 valence electrons. The van der Waals surface area contributed by atoms with E-state index in [0.717, 1.165) is 0 Å². The largest absolute Gasteiger partial charge is 0.369 e. The van der Waals surface area contributed by atoms with E-state index in [-0.39, 0.29) is 23.3 Å². The van der Waals surface area contributed by atoms with Gasteiger partial charge in [-0.15, -0.1) is 0 Å². The van der Waals surface area contributed by atoms with Crippen LogP contribution >= 0.6 is 0 Å². The first-order chi connectivity index (χ1) is 9.58. The summed E-state index contributed by atoms with van der Waals surface area (Å²) >= 11 is 0. The number of hydrogen-bond acceptors (Lipinski definition) is 4. The van der Waals surface area contributed by atoms with Gasteiger partial charge in [0, 0.05) is 24.4 Å². The molecule has 0 aliphatic rings. The standard InChI is InChI=1S/C14H17FN4O/c1-9(2)19-12(20)6-7-16-14-10-4-3-5-11(15)13(10)17-8-18-14/h3-5,8-9H,6-7H2,1-2H3,(H,19,20)(H,16,17,18). The van der Waals surface area contributed by atoms with E-state index >= 15 is 0 Å². The summed E-state index contributed by atoms with van der Waals surface area (Å²) in [7, 11) is 0. The van der Waals surface area contributed by atoms with Crippen molar-refractivity contribution in [2.24, 2.45) is 0 Å². The van der Waals surface area contributed by atoms with E-state index in [2.05, 4.69) is 20.6 Å². The summed E-state index contributed by atoms with van der Waals surface area (Å²) in [5.41, 5.74) is 0.275. The van der Waals surface area contributed by atoms with Crippen molar-refractivity contribution in [1.82, 2.24) is 15.3 Å². The first-order valence-corrected chi connectivity index (χ1v) is 6.50. The maximum absolute atomic E-state index is 13.6. The lowest BCUT2D eigenvalue weighted by molar-refractivity contribution is -0.121. The van der Waals surface area contributed by atoms with Gasteiger partial charge in [0.05, 0.1) is 0 Å². The van der Waals surface area contributed by atoms with Crippen molar-refractivity contribution in [2.45, 2.75) is 26.3 Å². The summed E-state index contributed by atoms with van der Waals surface area (Å²) < 4.78 is 13.6. The van der Waals surface area contributed by atoms with Crippen LogP contribution in [0.2, 0.25) is 0 Å². The Morgan fingerprint density at radius 3 is 2.90 bits per heavy atom. The number of anilines is 1. The predicted molar refractivity (Wildman–Crippen MR) is 75.9 cm³/mol. The summed E-state index contributed by atoms with van der Waals surface area (Å²) in [6.07, 6.45) is 1.64. The van der Waals surface area contributed by atoms with Crippen LogP contribution in [0.25, 0.3) is 10.9 Å². The Morgan fingerprint density at radius 1 is 1.35 bits per heavy atom. The summed E-state index contributed by atoms with van der Waals surface area (Å²) in [6, 6.07) is 4.83. The molecule has 0 spiro atoms. The summed E-state index contributed by atoms with van der Waals surface area (Å²) in [6.45, 7) is 4.25. The van der Waals surface area contributed by atoms with Gasteiger partial charge in [0.2, 0.25) is 5.91 Å². The number of hydrogen-bond donors (Lipinski definition) is 2. The van der Waals surface area contributed by atoms with E-state index in [1.165, 1.54) is 12.4 Å². The van der Waals surface area contributed by atoms with E-state index in [1.807, 2.05) is 13.8 Å². The van der Waals surface area contributed by atoms with Crippen LogP contribution in [0.5, 0.6) is 0 Å². The summed E-state index contributed by atoms with van der Waals surface area (Å²) in [5.74, 6) is 0.120. The molecular formula is C14H17FN4O. The molecule has 0 fully saturated rings. The maximum atomic E-state index is 13.6. The molecule has 1 aromatic carbocycles.